The number of hydrogen-bond acceptors (Lipinski definition) is 4. The molecule has 0 bridgehead atoms. The first kappa shape index (κ1) is 17.9. The van der Waals surface area contributed by atoms with Crippen LogP contribution in [-0.2, 0) is 9.53 Å². The first-order chi connectivity index (χ1) is 11.1. The molecule has 128 valence electrons. The Morgan fingerprint density at radius 2 is 1.96 bits per heavy atom. The number of morpholine rings is 1. The van der Waals surface area contributed by atoms with Crippen molar-refractivity contribution >= 4 is 5.91 Å². The number of benzene rings is 1. The van der Waals surface area contributed by atoms with Crippen molar-refractivity contribution in [2.24, 2.45) is 0 Å². The first-order valence-electron chi connectivity index (χ1n) is 8.33. The maximum absolute atomic E-state index is 12.3. The minimum absolute atomic E-state index is 0.0716. The molecule has 2 rings (SSSR count). The smallest absolute Gasteiger partial charge is 0.223 e. The van der Waals surface area contributed by atoms with Crippen molar-refractivity contribution in [2.75, 3.05) is 46.4 Å². The Labute approximate surface area is 138 Å². The summed E-state index contributed by atoms with van der Waals surface area (Å²) < 4.78 is 5.30. The van der Waals surface area contributed by atoms with Gasteiger partial charge < -0.3 is 14.7 Å². The maximum Gasteiger partial charge on any atom is 0.223 e. The van der Waals surface area contributed by atoms with Gasteiger partial charge in [0.1, 0.15) is 0 Å². The van der Waals surface area contributed by atoms with Gasteiger partial charge >= 0.3 is 0 Å². The van der Waals surface area contributed by atoms with E-state index >= 15 is 0 Å². The van der Waals surface area contributed by atoms with E-state index in [-0.39, 0.29) is 11.8 Å². The zero-order valence-corrected chi connectivity index (χ0v) is 14.1. The van der Waals surface area contributed by atoms with E-state index < -0.39 is 6.10 Å². The summed E-state index contributed by atoms with van der Waals surface area (Å²) in [5, 5.41) is 10.2. The lowest BCUT2D eigenvalue weighted by Gasteiger charge is -2.30. The molecule has 2 unspecified atom stereocenters. The minimum Gasteiger partial charge on any atom is -0.390 e. The summed E-state index contributed by atoms with van der Waals surface area (Å²) in [5.41, 5.74) is 1.17. The summed E-state index contributed by atoms with van der Waals surface area (Å²) in [6.45, 7) is 6.16. The molecule has 5 heteroatoms. The molecule has 1 N–H and O–H groups in total. The van der Waals surface area contributed by atoms with Crippen LogP contribution in [0.25, 0.3) is 0 Å². The fraction of sp³-hybridized carbons (Fsp3) is 0.611. The molecule has 2 atom stereocenters. The number of carbonyl (C=O) groups excluding carboxylic acids is 1. The van der Waals surface area contributed by atoms with Gasteiger partial charge in [0.15, 0.2) is 0 Å². The summed E-state index contributed by atoms with van der Waals surface area (Å²) in [5.74, 6) is 0.255. The van der Waals surface area contributed by atoms with E-state index in [2.05, 4.69) is 11.8 Å². The van der Waals surface area contributed by atoms with Gasteiger partial charge in [-0.1, -0.05) is 37.3 Å². The average molecular weight is 320 g/mol. The van der Waals surface area contributed by atoms with Crippen molar-refractivity contribution in [3.8, 4) is 0 Å². The summed E-state index contributed by atoms with van der Waals surface area (Å²) >= 11 is 0. The summed E-state index contributed by atoms with van der Waals surface area (Å²) in [6.07, 6.45) is -0.0563. The maximum atomic E-state index is 12.3. The van der Waals surface area contributed by atoms with E-state index in [0.29, 0.717) is 19.5 Å². The van der Waals surface area contributed by atoms with Crippen LogP contribution in [0.2, 0.25) is 0 Å². The topological polar surface area (TPSA) is 53.0 Å². The third kappa shape index (κ3) is 5.94. The monoisotopic (exact) mass is 320 g/mol. The third-order valence-electron chi connectivity index (χ3n) is 4.33. The van der Waals surface area contributed by atoms with Crippen LogP contribution < -0.4 is 0 Å². The molecule has 0 aromatic heterocycles. The van der Waals surface area contributed by atoms with Gasteiger partial charge in [0, 0.05) is 39.6 Å². The molecule has 5 nitrogen and oxygen atoms in total. The first-order valence-corrected chi connectivity index (χ1v) is 8.33. The number of hydrogen-bond donors (Lipinski definition) is 1. The van der Waals surface area contributed by atoms with Crippen LogP contribution in [0.15, 0.2) is 30.3 Å². The third-order valence-corrected chi connectivity index (χ3v) is 4.33. The van der Waals surface area contributed by atoms with Gasteiger partial charge in [-0.05, 0) is 11.5 Å². The second kappa shape index (κ2) is 9.01. The zero-order chi connectivity index (χ0) is 16.7. The Morgan fingerprint density at radius 3 is 2.61 bits per heavy atom. The Kier molecular flexibility index (Phi) is 7.02. The largest absolute Gasteiger partial charge is 0.390 e. The van der Waals surface area contributed by atoms with Crippen molar-refractivity contribution in [1.29, 1.82) is 0 Å². The summed E-state index contributed by atoms with van der Waals surface area (Å²) in [4.78, 5) is 16.2. The highest BCUT2D eigenvalue weighted by atomic mass is 16.5. The lowest BCUT2D eigenvalue weighted by molar-refractivity contribution is -0.131. The molecule has 0 aliphatic carbocycles. The summed E-state index contributed by atoms with van der Waals surface area (Å²) in [6, 6.07) is 10.1. The van der Waals surface area contributed by atoms with Gasteiger partial charge in [0.2, 0.25) is 5.91 Å². The van der Waals surface area contributed by atoms with Crippen LogP contribution in [-0.4, -0.2) is 73.4 Å². The number of aliphatic hydroxyl groups excluding tert-OH is 1. The van der Waals surface area contributed by atoms with Crippen LogP contribution in [0.1, 0.15) is 24.8 Å². The lowest BCUT2D eigenvalue weighted by Crippen LogP contribution is -2.45. The zero-order valence-electron chi connectivity index (χ0n) is 14.1. The Balaban J connectivity index is 1.75. The van der Waals surface area contributed by atoms with E-state index in [1.807, 2.05) is 30.3 Å². The van der Waals surface area contributed by atoms with Gasteiger partial charge in [0.25, 0.3) is 0 Å². The van der Waals surface area contributed by atoms with Gasteiger partial charge in [-0.3, -0.25) is 9.69 Å². The second-order valence-electron chi connectivity index (χ2n) is 6.36. The molecule has 1 saturated heterocycles. The molecule has 1 aromatic carbocycles. The molecule has 1 aliphatic rings. The van der Waals surface area contributed by atoms with E-state index in [1.165, 1.54) is 5.56 Å². The molecule has 1 amide bonds. The minimum atomic E-state index is -0.519. The Hall–Kier alpha value is -1.43. The van der Waals surface area contributed by atoms with E-state index in [9.17, 15) is 9.90 Å². The molecule has 0 saturated carbocycles. The van der Waals surface area contributed by atoms with Gasteiger partial charge in [-0.15, -0.1) is 0 Å². The molecule has 1 aliphatic heterocycles. The van der Waals surface area contributed by atoms with Crippen molar-refractivity contribution < 1.29 is 14.6 Å². The van der Waals surface area contributed by atoms with Gasteiger partial charge in [0.05, 0.1) is 19.3 Å². The molecule has 0 radical (unpaired) electrons. The van der Waals surface area contributed by atoms with E-state index in [0.717, 1.165) is 26.3 Å². The Morgan fingerprint density at radius 1 is 1.30 bits per heavy atom. The molecule has 1 heterocycles. The van der Waals surface area contributed by atoms with Crippen LogP contribution in [0.3, 0.4) is 0 Å². The second-order valence-corrected chi connectivity index (χ2v) is 6.36. The number of β-amino-alcohol motifs (C(OH)–C–C–N with tert-alkyl or cyclic N) is 1. The van der Waals surface area contributed by atoms with Crippen LogP contribution >= 0.6 is 0 Å². The van der Waals surface area contributed by atoms with E-state index in [4.69, 9.17) is 4.74 Å². The molecular weight excluding hydrogens is 292 g/mol. The average Bonchev–Trinajstić information content (AvgIpc) is 2.56. The van der Waals surface area contributed by atoms with Gasteiger partial charge in [-0.25, -0.2) is 0 Å². The van der Waals surface area contributed by atoms with Crippen LogP contribution in [0.4, 0.5) is 0 Å². The fourth-order valence-electron chi connectivity index (χ4n) is 2.87. The number of ether oxygens (including phenoxy) is 1. The van der Waals surface area contributed by atoms with Crippen molar-refractivity contribution in [1.82, 2.24) is 9.80 Å². The molecule has 0 spiro atoms. The number of aliphatic hydroxyl groups is 1. The normalized spacial score (nSPS) is 18.4. The quantitative estimate of drug-likeness (QED) is 0.823. The highest BCUT2D eigenvalue weighted by Crippen LogP contribution is 2.19. The van der Waals surface area contributed by atoms with E-state index in [1.54, 1.807) is 11.9 Å². The van der Waals surface area contributed by atoms with Crippen LogP contribution in [0, 0.1) is 0 Å². The number of likely N-dealkylation sites (N-methyl/N-ethyl adjacent to an activating group) is 1. The molecule has 1 aromatic rings. The number of nitrogens with zero attached hydrogens (tertiary/aromatic N) is 2. The van der Waals surface area contributed by atoms with Gasteiger partial charge in [-0.2, -0.15) is 0 Å². The Bertz CT molecular complexity index is 474. The lowest BCUT2D eigenvalue weighted by atomic mass is 9.97. The SMILES string of the molecule is CC(CC(=O)N(C)CC(O)CN1CCOCC1)c1ccccc1. The summed E-state index contributed by atoms with van der Waals surface area (Å²) in [7, 11) is 1.77. The molecular formula is C18H28N2O3. The fourth-order valence-corrected chi connectivity index (χ4v) is 2.87. The van der Waals surface area contributed by atoms with Crippen molar-refractivity contribution in [3.05, 3.63) is 35.9 Å². The number of carbonyl (C=O) groups is 1. The predicted molar refractivity (Wildman–Crippen MR) is 90.4 cm³/mol. The van der Waals surface area contributed by atoms with Crippen molar-refractivity contribution in [2.45, 2.75) is 25.4 Å². The highest BCUT2D eigenvalue weighted by Gasteiger charge is 2.20. The molecule has 1 fully saturated rings. The van der Waals surface area contributed by atoms with Crippen molar-refractivity contribution in [3.63, 3.8) is 0 Å². The highest BCUT2D eigenvalue weighted by molar-refractivity contribution is 5.76. The number of amides is 1. The number of rotatable bonds is 7. The standard InChI is InChI=1S/C18H28N2O3/c1-15(16-6-4-3-5-7-16)12-18(22)19(2)13-17(21)14-20-8-10-23-11-9-20/h3-7,15,17,21H,8-14H2,1-2H3. The van der Waals surface area contributed by atoms with Crippen LogP contribution in [0.5, 0.6) is 0 Å². The predicted octanol–water partition coefficient (Wildman–Crippen LogP) is 1.33. The molecule has 23 heavy (non-hydrogen) atoms.